The lowest BCUT2D eigenvalue weighted by Crippen LogP contribution is -2.26. The molecule has 0 saturated heterocycles. The fourth-order valence-electron chi connectivity index (χ4n) is 1.43. The minimum atomic E-state index is -0.300. The van der Waals surface area contributed by atoms with Gasteiger partial charge in [-0.1, -0.05) is 25.4 Å². The molecular weight excluding hydrogens is 264 g/mol. The van der Waals surface area contributed by atoms with Crippen LogP contribution in [0.5, 0.6) is 0 Å². The van der Waals surface area contributed by atoms with E-state index in [0.717, 1.165) is 12.8 Å². The molecule has 0 saturated carbocycles. The second kappa shape index (κ2) is 7.70. The monoisotopic (exact) mass is 280 g/mol. The van der Waals surface area contributed by atoms with Gasteiger partial charge in [0.15, 0.2) is 0 Å². The molecule has 1 rings (SSSR count). The van der Waals surface area contributed by atoms with Gasteiger partial charge in [-0.05, 0) is 12.8 Å². The number of nitriles is 1. The molecule has 0 fully saturated rings. The van der Waals surface area contributed by atoms with Gasteiger partial charge in [-0.25, -0.2) is 9.97 Å². The van der Waals surface area contributed by atoms with Crippen LogP contribution in [0.1, 0.15) is 55.3 Å². The van der Waals surface area contributed by atoms with Gasteiger partial charge in [0.2, 0.25) is 0 Å². The zero-order valence-electron chi connectivity index (χ0n) is 11.1. The average molecular weight is 281 g/mol. The third kappa shape index (κ3) is 4.84. The summed E-state index contributed by atoms with van der Waals surface area (Å²) >= 11 is 5.93. The number of carbonyl (C=O) groups is 1. The van der Waals surface area contributed by atoms with E-state index in [-0.39, 0.29) is 22.5 Å². The van der Waals surface area contributed by atoms with Gasteiger partial charge >= 0.3 is 0 Å². The minimum Gasteiger partial charge on any atom is -0.351 e. The number of hydrogen-bond donors (Lipinski definition) is 1. The fourth-order valence-corrected chi connectivity index (χ4v) is 1.61. The Balaban J connectivity index is 2.61. The highest BCUT2D eigenvalue weighted by atomic mass is 35.5. The van der Waals surface area contributed by atoms with E-state index in [2.05, 4.69) is 21.4 Å². The van der Waals surface area contributed by atoms with Crippen LogP contribution >= 0.6 is 11.6 Å². The molecule has 0 aromatic carbocycles. The summed E-state index contributed by atoms with van der Waals surface area (Å²) in [5.74, 6) is 0.435. The first-order valence-electron chi connectivity index (χ1n) is 6.23. The van der Waals surface area contributed by atoms with E-state index in [1.165, 1.54) is 6.20 Å². The first-order valence-corrected chi connectivity index (χ1v) is 6.61. The molecule has 5 nitrogen and oxygen atoms in total. The van der Waals surface area contributed by atoms with Gasteiger partial charge in [0.25, 0.3) is 5.91 Å². The number of nitrogens with zero attached hydrogens (tertiary/aromatic N) is 3. The van der Waals surface area contributed by atoms with Crippen LogP contribution in [0.3, 0.4) is 0 Å². The number of aromatic nitrogens is 2. The Kier molecular flexibility index (Phi) is 6.23. The number of carbonyl (C=O) groups excluding carboxylic acids is 1. The lowest BCUT2D eigenvalue weighted by atomic mass is 10.2. The molecular formula is C13H17ClN4O. The van der Waals surface area contributed by atoms with Crippen molar-refractivity contribution >= 4 is 17.5 Å². The third-order valence-corrected chi connectivity index (χ3v) is 2.77. The highest BCUT2D eigenvalue weighted by molar-refractivity contribution is 6.33. The Hall–Kier alpha value is -1.67. The van der Waals surface area contributed by atoms with E-state index in [4.69, 9.17) is 16.9 Å². The molecule has 0 spiro atoms. The zero-order chi connectivity index (χ0) is 14.3. The summed E-state index contributed by atoms with van der Waals surface area (Å²) in [7, 11) is 0. The van der Waals surface area contributed by atoms with Crippen molar-refractivity contribution in [1.29, 1.82) is 5.26 Å². The molecule has 0 radical (unpaired) electrons. The van der Waals surface area contributed by atoms with Crippen molar-refractivity contribution in [2.24, 2.45) is 0 Å². The van der Waals surface area contributed by atoms with Gasteiger partial charge in [0.1, 0.15) is 11.5 Å². The second-order valence-electron chi connectivity index (χ2n) is 4.45. The summed E-state index contributed by atoms with van der Waals surface area (Å²) in [5, 5.41) is 11.4. The second-order valence-corrected chi connectivity index (χ2v) is 4.86. The van der Waals surface area contributed by atoms with Crippen molar-refractivity contribution in [1.82, 2.24) is 15.3 Å². The van der Waals surface area contributed by atoms with Crippen LogP contribution in [0.2, 0.25) is 5.02 Å². The molecule has 1 N–H and O–H groups in total. The topological polar surface area (TPSA) is 78.7 Å². The van der Waals surface area contributed by atoms with E-state index in [1.54, 1.807) is 0 Å². The van der Waals surface area contributed by atoms with Gasteiger partial charge < -0.3 is 5.32 Å². The normalized spacial score (nSPS) is 10.3. The summed E-state index contributed by atoms with van der Waals surface area (Å²) in [6.07, 6.45) is 3.49. The predicted octanol–water partition coefficient (Wildman–Crippen LogP) is 2.68. The van der Waals surface area contributed by atoms with Crippen molar-refractivity contribution in [3.05, 3.63) is 22.7 Å². The van der Waals surface area contributed by atoms with Crippen molar-refractivity contribution in [2.45, 2.75) is 39.0 Å². The quantitative estimate of drug-likeness (QED) is 0.813. The van der Waals surface area contributed by atoms with E-state index in [0.29, 0.717) is 18.8 Å². The lowest BCUT2D eigenvalue weighted by molar-refractivity contribution is 0.0947. The van der Waals surface area contributed by atoms with Crippen molar-refractivity contribution in [3.63, 3.8) is 0 Å². The number of hydrogen-bond acceptors (Lipinski definition) is 4. The summed E-state index contributed by atoms with van der Waals surface area (Å²) in [6.45, 7) is 4.41. The Labute approximate surface area is 118 Å². The SMILES string of the molecule is CC(C)c1ncc(Cl)c(C(=O)NCCCCC#N)n1. The predicted molar refractivity (Wildman–Crippen MR) is 72.9 cm³/mol. The molecule has 0 aliphatic rings. The number of amides is 1. The maximum Gasteiger partial charge on any atom is 0.271 e. The first-order chi connectivity index (χ1) is 9.06. The average Bonchev–Trinajstić information content (AvgIpc) is 2.38. The highest BCUT2D eigenvalue weighted by Gasteiger charge is 2.14. The van der Waals surface area contributed by atoms with Crippen molar-refractivity contribution < 1.29 is 4.79 Å². The number of nitrogens with one attached hydrogen (secondary N) is 1. The van der Waals surface area contributed by atoms with Crippen LogP contribution in [0.25, 0.3) is 0 Å². The minimum absolute atomic E-state index is 0.138. The molecule has 0 bridgehead atoms. The first kappa shape index (κ1) is 15.4. The van der Waals surface area contributed by atoms with E-state index < -0.39 is 0 Å². The molecule has 0 unspecified atom stereocenters. The molecule has 1 aromatic heterocycles. The van der Waals surface area contributed by atoms with Crippen LogP contribution in [-0.4, -0.2) is 22.4 Å². The summed E-state index contributed by atoms with van der Waals surface area (Å²) in [6, 6.07) is 2.06. The summed E-state index contributed by atoms with van der Waals surface area (Å²) < 4.78 is 0. The molecule has 0 aliphatic heterocycles. The van der Waals surface area contributed by atoms with Crippen LogP contribution in [0, 0.1) is 11.3 Å². The smallest absolute Gasteiger partial charge is 0.271 e. The third-order valence-electron chi connectivity index (χ3n) is 2.50. The molecule has 102 valence electrons. The molecule has 0 aliphatic carbocycles. The maximum absolute atomic E-state index is 11.9. The van der Waals surface area contributed by atoms with Crippen LogP contribution in [0.15, 0.2) is 6.20 Å². The van der Waals surface area contributed by atoms with Crippen LogP contribution < -0.4 is 5.32 Å². The van der Waals surface area contributed by atoms with Gasteiger partial charge in [-0.15, -0.1) is 0 Å². The van der Waals surface area contributed by atoms with E-state index >= 15 is 0 Å². The molecule has 1 amide bonds. The molecule has 0 atom stereocenters. The summed E-state index contributed by atoms with van der Waals surface area (Å²) in [4.78, 5) is 20.2. The molecule has 1 heterocycles. The highest BCUT2D eigenvalue weighted by Crippen LogP contribution is 2.16. The Bertz CT molecular complexity index is 482. The summed E-state index contributed by atoms with van der Waals surface area (Å²) in [5.41, 5.74) is 0.209. The number of rotatable bonds is 6. The van der Waals surface area contributed by atoms with Gasteiger partial charge in [0, 0.05) is 18.9 Å². The maximum atomic E-state index is 11.9. The Morgan fingerprint density at radius 3 is 2.89 bits per heavy atom. The fraction of sp³-hybridized carbons (Fsp3) is 0.538. The Morgan fingerprint density at radius 1 is 1.53 bits per heavy atom. The van der Waals surface area contributed by atoms with E-state index in [1.807, 2.05) is 13.8 Å². The standard InChI is InChI=1S/C13H17ClN4O/c1-9(2)12-17-8-10(14)11(18-12)13(19)16-7-5-3-4-6-15/h8-9H,3-5,7H2,1-2H3,(H,16,19). The molecule has 19 heavy (non-hydrogen) atoms. The van der Waals surface area contributed by atoms with Crippen molar-refractivity contribution in [3.8, 4) is 6.07 Å². The van der Waals surface area contributed by atoms with Crippen molar-refractivity contribution in [2.75, 3.05) is 6.54 Å². The molecule has 6 heteroatoms. The van der Waals surface area contributed by atoms with E-state index in [9.17, 15) is 4.79 Å². The Morgan fingerprint density at radius 2 is 2.26 bits per heavy atom. The number of unbranched alkanes of at least 4 members (excludes halogenated alkanes) is 2. The molecule has 1 aromatic rings. The van der Waals surface area contributed by atoms with Gasteiger partial charge in [0.05, 0.1) is 17.3 Å². The van der Waals surface area contributed by atoms with Gasteiger partial charge in [-0.3, -0.25) is 4.79 Å². The van der Waals surface area contributed by atoms with Crippen LogP contribution in [-0.2, 0) is 0 Å². The van der Waals surface area contributed by atoms with Gasteiger partial charge in [-0.2, -0.15) is 5.26 Å². The lowest BCUT2D eigenvalue weighted by Gasteiger charge is -2.08. The zero-order valence-corrected chi connectivity index (χ0v) is 11.9. The number of halogens is 1. The largest absolute Gasteiger partial charge is 0.351 e. The van der Waals surface area contributed by atoms with Crippen LogP contribution in [0.4, 0.5) is 0 Å².